The maximum absolute atomic E-state index is 12.6. The average Bonchev–Trinajstić information content (AvgIpc) is 3.41. The van der Waals surface area contributed by atoms with E-state index in [1.54, 1.807) is 0 Å². The van der Waals surface area contributed by atoms with E-state index in [1.807, 2.05) is 13.8 Å². The van der Waals surface area contributed by atoms with E-state index in [-0.39, 0.29) is 72.9 Å². The predicted molar refractivity (Wildman–Crippen MR) is 197 cm³/mol. The van der Waals surface area contributed by atoms with Crippen molar-refractivity contribution in [2.45, 2.75) is 158 Å². The Morgan fingerprint density at radius 3 is 2.16 bits per heavy atom. The van der Waals surface area contributed by atoms with Gasteiger partial charge in [-0.2, -0.15) is 0 Å². The molecular formula is C39H65NaO17S. The monoisotopic (exact) mass is 860 g/mol. The van der Waals surface area contributed by atoms with Crippen molar-refractivity contribution in [3.63, 3.8) is 0 Å². The van der Waals surface area contributed by atoms with Crippen LogP contribution in [0.1, 0.15) is 79.1 Å². The Labute approximate surface area is 363 Å². The van der Waals surface area contributed by atoms with Crippen LogP contribution in [-0.2, 0) is 38.3 Å². The number of fused-ring (bicyclic) bond motifs is 5. The molecule has 0 spiro atoms. The maximum Gasteiger partial charge on any atom is 1.00 e. The minimum Gasteiger partial charge on any atom is -0.726 e. The van der Waals surface area contributed by atoms with Crippen molar-refractivity contribution in [1.82, 2.24) is 0 Å². The number of aliphatic hydroxyl groups excluding tert-OH is 7. The molecule has 21 atom stereocenters. The normalized spacial score (nSPS) is 49.1. The second-order valence-corrected chi connectivity index (χ2v) is 19.6. The molecule has 8 N–H and O–H groups in total. The molecule has 4 aliphatic carbocycles. The van der Waals surface area contributed by atoms with Crippen LogP contribution in [0.3, 0.4) is 0 Å². The van der Waals surface area contributed by atoms with Gasteiger partial charge in [-0.05, 0) is 73.5 Å². The first kappa shape index (κ1) is 49.1. The smallest absolute Gasteiger partial charge is 0.726 e. The summed E-state index contributed by atoms with van der Waals surface area (Å²) in [6.07, 6.45) is -11.2. The molecule has 6 fully saturated rings. The number of hydrogen-bond acceptors (Lipinski definition) is 17. The molecule has 19 heteroatoms. The van der Waals surface area contributed by atoms with Crippen molar-refractivity contribution in [3.05, 3.63) is 12.2 Å². The van der Waals surface area contributed by atoms with Gasteiger partial charge in [-0.1, -0.05) is 39.8 Å². The molecular weight excluding hydrogens is 795 g/mol. The van der Waals surface area contributed by atoms with Crippen molar-refractivity contribution >= 4 is 10.4 Å². The number of rotatable bonds is 13. The van der Waals surface area contributed by atoms with Gasteiger partial charge in [0, 0.05) is 31.3 Å². The van der Waals surface area contributed by atoms with Crippen LogP contribution in [0, 0.1) is 46.3 Å². The van der Waals surface area contributed by atoms with Crippen LogP contribution in [0.5, 0.6) is 0 Å². The maximum atomic E-state index is 12.6. The predicted octanol–water partition coefficient (Wildman–Crippen LogP) is -3.30. The molecule has 330 valence electrons. The molecule has 0 amide bonds. The Hall–Kier alpha value is 0.0900. The third-order valence-corrected chi connectivity index (χ3v) is 15.7. The summed E-state index contributed by atoms with van der Waals surface area (Å²) in [6, 6.07) is 0. The fourth-order valence-electron chi connectivity index (χ4n) is 12.3. The third kappa shape index (κ3) is 9.19. The topological polar surface area (TPSA) is 274 Å². The summed E-state index contributed by atoms with van der Waals surface area (Å²) in [5, 5.41) is 88.2. The number of methoxy groups -OCH3 is 1. The van der Waals surface area contributed by atoms with Gasteiger partial charge >= 0.3 is 29.6 Å². The van der Waals surface area contributed by atoms with E-state index in [4.69, 9.17) is 23.7 Å². The Bertz CT molecular complexity index is 1530. The zero-order valence-electron chi connectivity index (χ0n) is 34.5. The summed E-state index contributed by atoms with van der Waals surface area (Å²) in [5.74, 6) is -1.35. The van der Waals surface area contributed by atoms with Crippen molar-refractivity contribution in [1.29, 1.82) is 0 Å². The number of hydrogen-bond donors (Lipinski definition) is 8. The molecule has 6 aliphatic rings. The average molecular weight is 861 g/mol. The van der Waals surface area contributed by atoms with Crippen LogP contribution in [-0.4, -0.2) is 160 Å². The van der Waals surface area contributed by atoms with Gasteiger partial charge in [-0.3, -0.25) is 4.18 Å². The van der Waals surface area contributed by atoms with Crippen LogP contribution < -0.4 is 29.6 Å². The summed E-state index contributed by atoms with van der Waals surface area (Å²) in [4.78, 5) is 0. The summed E-state index contributed by atoms with van der Waals surface area (Å²) >= 11 is 0. The molecule has 4 saturated carbocycles. The van der Waals surface area contributed by atoms with Gasteiger partial charge < -0.3 is 69.1 Å². The molecule has 0 radical (unpaired) electrons. The summed E-state index contributed by atoms with van der Waals surface area (Å²) in [6.45, 7) is 11.7. The van der Waals surface area contributed by atoms with Gasteiger partial charge in [0.05, 0.1) is 49.8 Å². The Morgan fingerprint density at radius 1 is 0.862 bits per heavy atom. The van der Waals surface area contributed by atoms with E-state index in [0.29, 0.717) is 32.1 Å². The molecule has 0 aromatic carbocycles. The van der Waals surface area contributed by atoms with Crippen LogP contribution in [0.15, 0.2) is 12.2 Å². The minimum atomic E-state index is -5.33. The van der Waals surface area contributed by atoms with E-state index >= 15 is 0 Å². The Morgan fingerprint density at radius 2 is 1.50 bits per heavy atom. The zero-order valence-corrected chi connectivity index (χ0v) is 37.4. The van der Waals surface area contributed by atoms with Crippen LogP contribution in [0.4, 0.5) is 0 Å². The third-order valence-electron chi connectivity index (χ3n) is 15.2. The van der Waals surface area contributed by atoms with Crippen molar-refractivity contribution in [3.8, 4) is 0 Å². The molecule has 17 nitrogen and oxygen atoms in total. The quantitative estimate of drug-likeness (QED) is 0.0390. The van der Waals surface area contributed by atoms with Crippen molar-refractivity contribution < 1.29 is 111 Å². The first-order valence-corrected chi connectivity index (χ1v) is 21.7. The Kier molecular flexibility index (Phi) is 15.8. The molecule has 2 heterocycles. The molecule has 6 unspecified atom stereocenters. The fraction of sp³-hybridized carbons (Fsp3) is 0.949. The molecule has 0 aromatic heterocycles. The second-order valence-electron chi connectivity index (χ2n) is 18.6. The molecule has 0 bridgehead atoms. The first-order valence-electron chi connectivity index (χ1n) is 20.4. The van der Waals surface area contributed by atoms with E-state index in [9.17, 15) is 53.8 Å². The SMILES string of the molecule is C=C(CC[C@@H](C)[C@H]1CC(O)[C@@H]2[C@]1(C)CC[C@H]1[C@@]2(O)CC(O)C2C(O)C(O)CC[C@@]21C)C(C)CO[C@@H]1OC[C@@H](O)[C@H](OS(=O)(=O)[O-])[C@H]1O[C@@H]1OC[C@@H](O)[C@H](O)[C@H]1OC.[Na+]. The van der Waals surface area contributed by atoms with E-state index in [2.05, 4.69) is 24.6 Å². The first-order chi connectivity index (χ1) is 26.6. The van der Waals surface area contributed by atoms with E-state index < -0.39 is 119 Å². The molecule has 2 aliphatic heterocycles. The number of ether oxygens (including phenoxy) is 5. The molecule has 58 heavy (non-hydrogen) atoms. The summed E-state index contributed by atoms with van der Waals surface area (Å²) in [7, 11) is -4.09. The van der Waals surface area contributed by atoms with Crippen molar-refractivity contribution in [2.24, 2.45) is 46.3 Å². The second kappa shape index (κ2) is 18.7. The van der Waals surface area contributed by atoms with Gasteiger partial charge in [0.1, 0.15) is 36.6 Å². The van der Waals surface area contributed by atoms with E-state index in [1.165, 1.54) is 7.11 Å². The van der Waals surface area contributed by atoms with Crippen LogP contribution in [0.2, 0.25) is 0 Å². The fourth-order valence-corrected chi connectivity index (χ4v) is 12.8. The summed E-state index contributed by atoms with van der Waals surface area (Å²) < 4.78 is 68.0. The van der Waals surface area contributed by atoms with Gasteiger partial charge in [-0.15, -0.1) is 0 Å². The zero-order chi connectivity index (χ0) is 42.0. The molecule has 0 aromatic rings. The standard InChI is InChI=1S/C39H66O17S.Na/c1-18(20(3)15-52-35-33(31(26(44)17-53-35)56-57(48,49)50)55-36-32(51-6)30(46)25(43)16-54-36)7-8-19(2)21-13-23(41)34-37(21,4)12-10-27-38(5)11-9-22(40)29(45)28(38)24(42)14-39(27,34)47;/h19-36,40-47H,1,7-17H2,2-6H3,(H,48,49,50);/q;+1/p-1/t19-,20?,21-,22?,23?,24?,25-,26-,27-,28?,29?,30+,31+,32-,33-,34-,35-,36+,37-,38-,39+;/m1./s1. The minimum absolute atomic E-state index is 0. The van der Waals surface area contributed by atoms with Crippen LogP contribution >= 0.6 is 0 Å². The Balaban J connectivity index is 0.00000641. The summed E-state index contributed by atoms with van der Waals surface area (Å²) in [5.41, 5.74) is -1.50. The largest absolute Gasteiger partial charge is 1.00 e. The molecule has 6 rings (SSSR count). The van der Waals surface area contributed by atoms with E-state index in [0.717, 1.165) is 18.4 Å². The van der Waals surface area contributed by atoms with Gasteiger partial charge in [0.15, 0.2) is 12.6 Å². The number of aliphatic hydroxyl groups is 8. The van der Waals surface area contributed by atoms with Gasteiger partial charge in [0.25, 0.3) is 0 Å². The van der Waals surface area contributed by atoms with Gasteiger partial charge in [0.2, 0.25) is 10.4 Å². The molecule has 2 saturated heterocycles. The van der Waals surface area contributed by atoms with Gasteiger partial charge in [-0.25, -0.2) is 8.42 Å². The van der Waals surface area contributed by atoms with Crippen LogP contribution in [0.25, 0.3) is 0 Å². The van der Waals surface area contributed by atoms with Crippen molar-refractivity contribution in [2.75, 3.05) is 26.9 Å².